The predicted molar refractivity (Wildman–Crippen MR) is 58.9 cm³/mol. The lowest BCUT2D eigenvalue weighted by atomic mass is 10.2. The van der Waals surface area contributed by atoms with Gasteiger partial charge in [0.15, 0.2) is 0 Å². The Hall–Kier alpha value is -2.97. The van der Waals surface area contributed by atoms with Gasteiger partial charge < -0.3 is 9.40 Å². The zero-order valence-electron chi connectivity index (χ0n) is 8.71. The monoisotopic (exact) mass is 247 g/mol. The summed E-state index contributed by atoms with van der Waals surface area (Å²) < 4.78 is 4.80. The molecule has 9 nitrogen and oxygen atoms in total. The van der Waals surface area contributed by atoms with Crippen LogP contribution in [0.4, 0.5) is 5.69 Å². The summed E-state index contributed by atoms with van der Waals surface area (Å²) in [7, 11) is 0. The van der Waals surface area contributed by atoms with E-state index >= 15 is 0 Å². The summed E-state index contributed by atoms with van der Waals surface area (Å²) in [4.78, 5) is 27.7. The first-order chi connectivity index (χ1) is 8.65. The van der Waals surface area contributed by atoms with Crippen molar-refractivity contribution in [2.45, 2.75) is 0 Å². The van der Waals surface area contributed by atoms with E-state index in [2.05, 4.69) is 20.2 Å². The molecule has 90 valence electrons. The number of aromatic nitrogens is 4. The van der Waals surface area contributed by atoms with Gasteiger partial charge in [-0.3, -0.25) is 10.1 Å². The highest BCUT2D eigenvalue weighted by molar-refractivity contribution is 5.92. The van der Waals surface area contributed by atoms with Gasteiger partial charge in [-0.1, -0.05) is 0 Å². The van der Waals surface area contributed by atoms with Crippen LogP contribution in [0.3, 0.4) is 0 Å². The first-order valence-electron chi connectivity index (χ1n) is 4.82. The van der Waals surface area contributed by atoms with E-state index in [4.69, 9.17) is 4.42 Å². The van der Waals surface area contributed by atoms with Crippen LogP contribution in [-0.4, -0.2) is 25.1 Å². The zero-order valence-corrected chi connectivity index (χ0v) is 8.71. The van der Waals surface area contributed by atoms with Crippen LogP contribution in [0, 0.1) is 10.1 Å². The van der Waals surface area contributed by atoms with E-state index < -0.39 is 10.7 Å². The quantitative estimate of drug-likeness (QED) is 0.509. The summed E-state index contributed by atoms with van der Waals surface area (Å²) in [6.07, 6.45) is 2.66. The fraction of sp³-hybridized carbons (Fsp3) is 0. The molecule has 0 radical (unpaired) electrons. The second-order valence-corrected chi connectivity index (χ2v) is 3.47. The van der Waals surface area contributed by atoms with E-state index in [1.165, 1.54) is 12.3 Å². The van der Waals surface area contributed by atoms with E-state index in [-0.39, 0.29) is 11.6 Å². The van der Waals surface area contributed by atoms with Gasteiger partial charge in [0.1, 0.15) is 11.8 Å². The molecule has 0 spiro atoms. The molecule has 0 aliphatic carbocycles. The molecule has 0 aliphatic rings. The van der Waals surface area contributed by atoms with Crippen LogP contribution in [0.15, 0.2) is 27.7 Å². The number of aromatic amines is 2. The third kappa shape index (κ3) is 1.45. The Balaban J connectivity index is 2.27. The smallest absolute Gasteiger partial charge is 0.388 e. The summed E-state index contributed by atoms with van der Waals surface area (Å²) in [6, 6.07) is 1.34. The maximum absolute atomic E-state index is 10.9. The third-order valence-electron chi connectivity index (χ3n) is 2.40. The molecule has 18 heavy (non-hydrogen) atoms. The number of pyridine rings is 1. The molecule has 0 unspecified atom stereocenters. The number of rotatable bonds is 2. The normalized spacial score (nSPS) is 10.9. The lowest BCUT2D eigenvalue weighted by molar-refractivity contribution is -0.385. The van der Waals surface area contributed by atoms with Crippen LogP contribution < -0.4 is 5.76 Å². The maximum atomic E-state index is 10.9. The number of nitrogens with one attached hydrogen (secondary N) is 2. The second kappa shape index (κ2) is 3.52. The standard InChI is InChI=1S/C9H5N5O4/c15-9-13-12-8(18-9)6-3-11-7-5(6)1-4(2-10-7)14(16)17/h1-3H,(H,10,11)(H,13,15). The summed E-state index contributed by atoms with van der Waals surface area (Å²) in [5.74, 6) is -0.647. The topological polar surface area (TPSA) is 131 Å². The molecule has 3 rings (SSSR count). The predicted octanol–water partition coefficient (Wildman–Crippen LogP) is 0.814. The van der Waals surface area contributed by atoms with E-state index in [1.807, 2.05) is 0 Å². The molecule has 3 heterocycles. The molecule has 0 amide bonds. The Morgan fingerprint density at radius 3 is 2.94 bits per heavy atom. The van der Waals surface area contributed by atoms with Crippen molar-refractivity contribution in [2.24, 2.45) is 0 Å². The molecule has 9 heteroatoms. The Labute approximate surface area is 97.6 Å². The molecule has 0 aliphatic heterocycles. The Morgan fingerprint density at radius 2 is 2.28 bits per heavy atom. The van der Waals surface area contributed by atoms with Crippen LogP contribution in [0.5, 0.6) is 0 Å². The largest absolute Gasteiger partial charge is 0.434 e. The maximum Gasteiger partial charge on any atom is 0.434 e. The summed E-state index contributed by atoms with van der Waals surface area (Å²) in [5.41, 5.74) is 0.724. The molecule has 0 aromatic carbocycles. The second-order valence-electron chi connectivity index (χ2n) is 3.47. The van der Waals surface area contributed by atoms with Gasteiger partial charge in [0.05, 0.1) is 10.5 Å². The van der Waals surface area contributed by atoms with Crippen molar-refractivity contribution < 1.29 is 9.34 Å². The number of fused-ring (bicyclic) bond motifs is 1. The fourth-order valence-corrected chi connectivity index (χ4v) is 1.61. The van der Waals surface area contributed by atoms with Gasteiger partial charge in [-0.2, -0.15) is 0 Å². The van der Waals surface area contributed by atoms with Gasteiger partial charge in [0.25, 0.3) is 11.6 Å². The SMILES string of the molecule is O=c1[nH]nc(-c2c[nH]c3ncc([N+](=O)[O-])cc23)o1. The van der Waals surface area contributed by atoms with Crippen molar-refractivity contribution in [1.29, 1.82) is 0 Å². The minimum atomic E-state index is -0.697. The molecule has 0 fully saturated rings. The first kappa shape index (κ1) is 10.2. The molecular formula is C9H5N5O4. The first-order valence-corrected chi connectivity index (χ1v) is 4.82. The van der Waals surface area contributed by atoms with Crippen molar-refractivity contribution in [2.75, 3.05) is 0 Å². The molecule has 0 saturated heterocycles. The van der Waals surface area contributed by atoms with Crippen LogP contribution >= 0.6 is 0 Å². The lowest BCUT2D eigenvalue weighted by Crippen LogP contribution is -1.93. The van der Waals surface area contributed by atoms with Gasteiger partial charge in [-0.05, 0) is 0 Å². The molecule has 2 N–H and O–H groups in total. The van der Waals surface area contributed by atoms with Gasteiger partial charge >= 0.3 is 5.76 Å². The zero-order chi connectivity index (χ0) is 12.7. The van der Waals surface area contributed by atoms with Gasteiger partial charge in [-0.15, -0.1) is 5.10 Å². The van der Waals surface area contributed by atoms with Gasteiger partial charge in [-0.25, -0.2) is 14.9 Å². The Morgan fingerprint density at radius 1 is 1.44 bits per heavy atom. The molecule has 3 aromatic heterocycles. The summed E-state index contributed by atoms with van der Waals surface area (Å²) >= 11 is 0. The van der Waals surface area contributed by atoms with Crippen LogP contribution in [-0.2, 0) is 0 Å². The number of H-pyrrole nitrogens is 2. The highest BCUT2D eigenvalue weighted by Gasteiger charge is 2.15. The lowest BCUT2D eigenvalue weighted by Gasteiger charge is -1.93. The molecule has 0 saturated carbocycles. The van der Waals surface area contributed by atoms with Crippen LogP contribution in [0.1, 0.15) is 0 Å². The minimum Gasteiger partial charge on any atom is -0.388 e. The van der Waals surface area contributed by atoms with Crippen LogP contribution in [0.2, 0.25) is 0 Å². The van der Waals surface area contributed by atoms with Gasteiger partial charge in [0, 0.05) is 17.6 Å². The van der Waals surface area contributed by atoms with Crippen molar-refractivity contribution in [1.82, 2.24) is 20.2 Å². The summed E-state index contributed by atoms with van der Waals surface area (Å²) in [6.45, 7) is 0. The molecular weight excluding hydrogens is 242 g/mol. The third-order valence-corrected chi connectivity index (χ3v) is 2.40. The highest BCUT2D eigenvalue weighted by atomic mass is 16.6. The minimum absolute atomic E-state index is 0.0496. The van der Waals surface area contributed by atoms with Crippen molar-refractivity contribution >= 4 is 16.7 Å². The number of hydrogen-bond donors (Lipinski definition) is 2. The summed E-state index contributed by atoms with van der Waals surface area (Å²) in [5, 5.41) is 16.9. The molecule has 3 aromatic rings. The van der Waals surface area contributed by atoms with E-state index in [0.29, 0.717) is 16.6 Å². The average molecular weight is 247 g/mol. The highest BCUT2D eigenvalue weighted by Crippen LogP contribution is 2.27. The van der Waals surface area contributed by atoms with E-state index in [1.54, 1.807) is 0 Å². The number of nitro groups is 1. The number of nitrogens with zero attached hydrogens (tertiary/aromatic N) is 3. The van der Waals surface area contributed by atoms with Crippen LogP contribution in [0.25, 0.3) is 22.5 Å². The Kier molecular flexibility index (Phi) is 1.99. The van der Waals surface area contributed by atoms with Crippen molar-refractivity contribution in [3.63, 3.8) is 0 Å². The number of hydrogen-bond acceptors (Lipinski definition) is 6. The molecule has 0 atom stereocenters. The van der Waals surface area contributed by atoms with E-state index in [9.17, 15) is 14.9 Å². The molecule has 0 bridgehead atoms. The average Bonchev–Trinajstić information content (AvgIpc) is 2.93. The Bertz CT molecular complexity index is 799. The van der Waals surface area contributed by atoms with Gasteiger partial charge in [0.2, 0.25) is 0 Å². The van der Waals surface area contributed by atoms with Crippen molar-refractivity contribution in [3.8, 4) is 11.5 Å². The van der Waals surface area contributed by atoms with E-state index in [0.717, 1.165) is 6.20 Å². The van der Waals surface area contributed by atoms with Crippen molar-refractivity contribution in [3.05, 3.63) is 39.1 Å². The fourth-order valence-electron chi connectivity index (χ4n) is 1.61.